The monoisotopic (exact) mass is 1140 g/mol. The van der Waals surface area contributed by atoms with Crippen molar-refractivity contribution in [3.63, 3.8) is 0 Å². The van der Waals surface area contributed by atoms with E-state index in [1.54, 1.807) is 0 Å². The Morgan fingerprint density at radius 3 is 1.32 bits per heavy atom. The number of hydrogen-bond acceptors (Lipinski definition) is 16. The van der Waals surface area contributed by atoms with E-state index in [4.69, 9.17) is 48.0 Å². The molecule has 0 aliphatic carbocycles. The second kappa shape index (κ2) is 33.9. The van der Waals surface area contributed by atoms with Gasteiger partial charge in [-0.25, -0.2) is 9.97 Å². The molecule has 2 aliphatic heterocycles. The van der Waals surface area contributed by atoms with Crippen LogP contribution in [0.5, 0.6) is 0 Å². The number of nitrogens with zero attached hydrogens (tertiary/aromatic N) is 8. The Bertz CT molecular complexity index is 2710. The Balaban J connectivity index is 1.31. The minimum absolute atomic E-state index is 0.0140. The van der Waals surface area contributed by atoms with Crippen LogP contribution in [-0.4, -0.2) is 80.4 Å². The number of halogens is 2. The molecular weight excluding hydrogens is 1050 g/mol. The Kier molecular flexibility index (Phi) is 27.0. The van der Waals surface area contributed by atoms with Gasteiger partial charge in [-0.3, -0.25) is 23.5 Å². The van der Waals surface area contributed by atoms with Crippen molar-refractivity contribution in [2.45, 2.75) is 281 Å². The zero-order valence-corrected chi connectivity index (χ0v) is 49.1. The van der Waals surface area contributed by atoms with E-state index < -0.39 is 72.4 Å². The molecule has 6 heterocycles. The Hall–Kier alpha value is -5.99. The van der Waals surface area contributed by atoms with Crippen LogP contribution in [0.15, 0.2) is 12.7 Å². The van der Waals surface area contributed by atoms with Crippen molar-refractivity contribution in [2.24, 2.45) is 0 Å². The number of hydrogen-bond donors (Lipinski definition) is 2. The summed E-state index contributed by atoms with van der Waals surface area (Å²) in [6, 6.07) is 0. The summed E-state index contributed by atoms with van der Waals surface area (Å²) in [6.07, 6.45) is 38.1. The van der Waals surface area contributed by atoms with Gasteiger partial charge in [0.2, 0.25) is 11.7 Å². The molecule has 18 nitrogen and oxygen atoms in total. The van der Waals surface area contributed by atoms with E-state index in [-0.39, 0.29) is 72.2 Å². The van der Waals surface area contributed by atoms with Gasteiger partial charge in [-0.05, 0) is 19.3 Å². The van der Waals surface area contributed by atoms with Crippen LogP contribution < -0.4 is 11.5 Å². The van der Waals surface area contributed by atoms with Gasteiger partial charge >= 0.3 is 30.1 Å². The molecular formula is C62H91F2N10O8. The number of aromatic nitrogens is 8. The lowest BCUT2D eigenvalue weighted by molar-refractivity contribution is -0.174. The number of nitrogen functional groups attached to an aromatic ring is 2. The summed E-state index contributed by atoms with van der Waals surface area (Å²) in [6.45, 7) is 6.57. The Labute approximate surface area is 484 Å². The second-order valence-corrected chi connectivity index (χ2v) is 22.4. The zero-order valence-electron chi connectivity index (χ0n) is 49.1. The largest absolute Gasteiger partial charge is 0.458 e. The van der Waals surface area contributed by atoms with Gasteiger partial charge in [0.05, 0.1) is 12.7 Å². The maximum absolute atomic E-state index is 14.9. The number of rotatable bonds is 40. The lowest BCUT2D eigenvalue weighted by atomic mass is 9.81. The first kappa shape index (κ1) is 65.2. The number of fused-ring (bicyclic) bond motifs is 2. The van der Waals surface area contributed by atoms with Crippen molar-refractivity contribution >= 4 is 51.9 Å². The van der Waals surface area contributed by atoms with Gasteiger partial charge in [0.15, 0.2) is 45.7 Å². The SMILES string of the molecule is C#C[C@@]1(C[C](OC(=O)CCCCCCCCCCCCC)[C@@]2(C#C)O[C@@H](n3cnc4c(N)nc(F)nc43)C[C@@H]2OC(=O)CCCCCCCCC)O[C@@H](n2cnc3c(N)nc(F)nc32)C[C@@H]1OC(=O)CCCCCCCCCCCCC. The van der Waals surface area contributed by atoms with E-state index in [1.165, 1.54) is 98.8 Å². The molecule has 82 heavy (non-hydrogen) atoms. The number of nitrogens with two attached hydrogens (primary N) is 2. The summed E-state index contributed by atoms with van der Waals surface area (Å²) in [5.74, 6) is 3.24. The van der Waals surface area contributed by atoms with Crippen LogP contribution in [-0.2, 0) is 38.1 Å². The van der Waals surface area contributed by atoms with Crippen molar-refractivity contribution < 1.29 is 46.8 Å². The zero-order chi connectivity index (χ0) is 58.7. The smallest absolute Gasteiger partial charge is 0.312 e. The molecule has 1 radical (unpaired) electrons. The normalized spacial score (nSPS) is 20.6. The predicted octanol–water partition coefficient (Wildman–Crippen LogP) is 13.5. The van der Waals surface area contributed by atoms with Crippen LogP contribution in [0, 0.1) is 42.9 Å². The first-order valence-corrected chi connectivity index (χ1v) is 30.9. The first-order valence-electron chi connectivity index (χ1n) is 30.9. The van der Waals surface area contributed by atoms with Crippen molar-refractivity contribution in [2.75, 3.05) is 11.5 Å². The van der Waals surface area contributed by atoms with E-state index in [0.717, 1.165) is 89.9 Å². The summed E-state index contributed by atoms with van der Waals surface area (Å²) in [5.41, 5.74) is 8.10. The van der Waals surface area contributed by atoms with Crippen molar-refractivity contribution in [1.82, 2.24) is 39.0 Å². The molecule has 2 aliphatic rings. The van der Waals surface area contributed by atoms with Crippen LogP contribution in [0.25, 0.3) is 22.3 Å². The third-order valence-corrected chi connectivity index (χ3v) is 16.0. The van der Waals surface area contributed by atoms with Gasteiger partial charge in [0, 0.05) is 38.5 Å². The molecule has 6 rings (SSSR count). The van der Waals surface area contributed by atoms with E-state index >= 15 is 0 Å². The van der Waals surface area contributed by atoms with E-state index in [9.17, 15) is 23.2 Å². The molecule has 2 saturated heterocycles. The number of ether oxygens (including phenoxy) is 5. The van der Waals surface area contributed by atoms with Gasteiger partial charge in [-0.15, -0.1) is 12.8 Å². The molecule has 0 spiro atoms. The fraction of sp³-hybridized carbons (Fsp3) is 0.710. The highest BCUT2D eigenvalue weighted by Crippen LogP contribution is 2.52. The molecule has 2 fully saturated rings. The summed E-state index contributed by atoms with van der Waals surface area (Å²) in [4.78, 5) is 66.5. The van der Waals surface area contributed by atoms with E-state index in [1.807, 2.05) is 0 Å². The van der Waals surface area contributed by atoms with E-state index in [0.29, 0.717) is 19.3 Å². The van der Waals surface area contributed by atoms with Gasteiger partial charge in [-0.2, -0.15) is 28.7 Å². The fourth-order valence-electron chi connectivity index (χ4n) is 11.3. The lowest BCUT2D eigenvalue weighted by Gasteiger charge is -2.39. The minimum atomic E-state index is -2.21. The maximum Gasteiger partial charge on any atom is 0.312 e. The first-order chi connectivity index (χ1) is 39.8. The van der Waals surface area contributed by atoms with Crippen molar-refractivity contribution in [1.29, 1.82) is 0 Å². The maximum atomic E-state index is 14.9. The van der Waals surface area contributed by atoms with Crippen molar-refractivity contribution in [3.05, 3.63) is 30.9 Å². The molecule has 4 aromatic heterocycles. The standard InChI is InChI=1S/C62H91F2N10O8/c1-6-11-14-17-20-22-24-26-29-32-34-37-50(75)78-45-40-48(73-43-67-53-55(65)69-59(63)71-57(53)73)81-61(45,9-4)42-47(80-52(77)39-36-33-30-27-25-23-21-18-15-12-7-2)62(10-5)46(79-51(76)38-35-31-28-19-16-13-8-3)41-49(82-62)74-44-68-54-56(66)70-60(64)72-58(54)74/h4-5,43-46,48-49H,6-8,11-42H2,1-3H3,(H2,65,69,71)(H2,66,70,72)/t45-,46-,48+,49+,61-,62-/m0/s1. The van der Waals surface area contributed by atoms with Crippen LogP contribution in [0.2, 0.25) is 0 Å². The van der Waals surface area contributed by atoms with E-state index in [2.05, 4.69) is 62.5 Å². The molecule has 4 N–H and O–H groups in total. The highest BCUT2D eigenvalue weighted by Gasteiger charge is 2.63. The highest BCUT2D eigenvalue weighted by atomic mass is 19.1. The number of carbonyl (C=O) groups excluding carboxylic acids is 3. The summed E-state index contributed by atoms with van der Waals surface area (Å²) < 4.78 is 65.4. The van der Waals surface area contributed by atoms with Gasteiger partial charge in [-0.1, -0.05) is 200 Å². The number of terminal acetylenes is 2. The van der Waals surface area contributed by atoms with Gasteiger partial charge < -0.3 is 35.2 Å². The Morgan fingerprint density at radius 1 is 0.549 bits per heavy atom. The van der Waals surface area contributed by atoms with Crippen LogP contribution in [0.3, 0.4) is 0 Å². The van der Waals surface area contributed by atoms with Crippen molar-refractivity contribution in [3.8, 4) is 24.7 Å². The Morgan fingerprint density at radius 2 is 0.915 bits per heavy atom. The molecule has 451 valence electrons. The van der Waals surface area contributed by atoms with Gasteiger partial charge in [0.25, 0.3) is 0 Å². The molecule has 6 atom stereocenters. The molecule has 4 aromatic rings. The molecule has 0 saturated carbocycles. The summed E-state index contributed by atoms with van der Waals surface area (Å²) in [7, 11) is 0. The number of esters is 3. The molecule has 0 amide bonds. The number of imidazole rings is 2. The van der Waals surface area contributed by atoms with Crippen LogP contribution >= 0.6 is 0 Å². The quantitative estimate of drug-likeness (QED) is 0.0138. The number of carbonyl (C=O) groups is 3. The summed E-state index contributed by atoms with van der Waals surface area (Å²) >= 11 is 0. The molecule has 0 unspecified atom stereocenters. The third-order valence-electron chi connectivity index (χ3n) is 16.0. The summed E-state index contributed by atoms with van der Waals surface area (Å²) in [5, 5.41) is 0. The fourth-order valence-corrected chi connectivity index (χ4v) is 11.3. The van der Waals surface area contributed by atoms with Gasteiger partial charge in [0.1, 0.15) is 18.6 Å². The number of unbranched alkanes of at least 4 members (excludes halogenated alkanes) is 26. The average molecular weight is 1140 g/mol. The minimum Gasteiger partial charge on any atom is -0.458 e. The third kappa shape index (κ3) is 18.5. The average Bonchev–Trinajstić information content (AvgIpc) is 4.38. The molecule has 0 bridgehead atoms. The predicted molar refractivity (Wildman–Crippen MR) is 310 cm³/mol. The second-order valence-electron chi connectivity index (χ2n) is 22.4. The number of anilines is 2. The van der Waals surface area contributed by atoms with Crippen LogP contribution in [0.4, 0.5) is 20.4 Å². The highest BCUT2D eigenvalue weighted by molar-refractivity contribution is 5.82. The van der Waals surface area contributed by atoms with Crippen LogP contribution in [0.1, 0.15) is 258 Å². The lowest BCUT2D eigenvalue weighted by Crippen LogP contribution is -2.52. The topological polar surface area (TPSA) is 237 Å². The molecule has 0 aromatic carbocycles. The molecule has 20 heteroatoms.